The molecule has 0 aromatic heterocycles. The van der Waals surface area contributed by atoms with Crippen LogP contribution in [0.25, 0.3) is 0 Å². The lowest BCUT2D eigenvalue weighted by molar-refractivity contribution is -0.178. The summed E-state index contributed by atoms with van der Waals surface area (Å²) < 4.78 is 38.0. The Balaban J connectivity index is 2.26. The van der Waals surface area contributed by atoms with Gasteiger partial charge in [0.25, 0.3) is 0 Å². The van der Waals surface area contributed by atoms with E-state index in [4.69, 9.17) is 11.6 Å². The molecule has 0 saturated carbocycles. The van der Waals surface area contributed by atoms with Crippen molar-refractivity contribution < 1.29 is 13.2 Å². The van der Waals surface area contributed by atoms with Crippen molar-refractivity contribution in [2.75, 3.05) is 13.1 Å². The van der Waals surface area contributed by atoms with Gasteiger partial charge in [0.15, 0.2) is 11.5 Å². The van der Waals surface area contributed by atoms with Crippen LogP contribution >= 0.6 is 11.6 Å². The first-order chi connectivity index (χ1) is 6.82. The van der Waals surface area contributed by atoms with Crippen molar-refractivity contribution in [1.29, 1.82) is 0 Å². The molecule has 1 N–H and O–H groups in total. The van der Waals surface area contributed by atoms with Crippen LogP contribution in [0.3, 0.4) is 0 Å². The highest BCUT2D eigenvalue weighted by molar-refractivity contribution is 6.30. The van der Waals surface area contributed by atoms with Gasteiger partial charge >= 0.3 is 6.18 Å². The first-order valence-electron chi connectivity index (χ1n) is 4.36. The van der Waals surface area contributed by atoms with Gasteiger partial charge in [-0.1, -0.05) is 11.6 Å². The van der Waals surface area contributed by atoms with Gasteiger partial charge in [-0.15, -0.1) is 0 Å². The van der Waals surface area contributed by atoms with Crippen LogP contribution in [0.1, 0.15) is 6.92 Å². The monoisotopic (exact) mass is 239 g/mol. The number of alkyl halides is 3. The molecule has 0 bridgehead atoms. The number of nitrogens with one attached hydrogen (secondary N) is 1. The van der Waals surface area contributed by atoms with E-state index in [1.54, 1.807) is 6.08 Å². The topological polar surface area (TPSA) is 27.6 Å². The summed E-state index contributed by atoms with van der Waals surface area (Å²) in [5.74, 6) is 0.197. The molecule has 7 heteroatoms. The normalized spacial score (nSPS) is 30.6. The van der Waals surface area contributed by atoms with Crippen LogP contribution < -0.4 is 5.32 Å². The van der Waals surface area contributed by atoms with Crippen molar-refractivity contribution in [3.05, 3.63) is 11.2 Å². The Kier molecular flexibility index (Phi) is 2.15. The number of nitrogens with zero attached hydrogens (tertiary/aromatic N) is 2. The van der Waals surface area contributed by atoms with Crippen molar-refractivity contribution in [2.24, 2.45) is 4.99 Å². The van der Waals surface area contributed by atoms with Crippen LogP contribution in [0.5, 0.6) is 0 Å². The van der Waals surface area contributed by atoms with Crippen molar-refractivity contribution in [3.8, 4) is 0 Å². The van der Waals surface area contributed by atoms with E-state index in [1.807, 2.05) is 0 Å². The molecule has 0 unspecified atom stereocenters. The lowest BCUT2D eigenvalue weighted by atomic mass is 10.0. The summed E-state index contributed by atoms with van der Waals surface area (Å²) in [6.45, 7) is 1.27. The molecule has 84 valence electrons. The largest absolute Gasteiger partial charge is 0.415 e. The fourth-order valence-electron chi connectivity index (χ4n) is 1.55. The van der Waals surface area contributed by atoms with E-state index in [-0.39, 0.29) is 12.5 Å². The zero-order valence-electron chi connectivity index (χ0n) is 7.90. The molecule has 0 spiro atoms. The van der Waals surface area contributed by atoms with Gasteiger partial charge < -0.3 is 10.2 Å². The maximum absolute atomic E-state index is 12.7. The lowest BCUT2D eigenvalue weighted by Crippen LogP contribution is -2.46. The van der Waals surface area contributed by atoms with Crippen molar-refractivity contribution in [1.82, 2.24) is 10.2 Å². The molecule has 0 saturated heterocycles. The molecule has 2 aliphatic rings. The number of hydrogen-bond donors (Lipinski definition) is 1. The van der Waals surface area contributed by atoms with E-state index in [9.17, 15) is 13.2 Å². The highest BCUT2D eigenvalue weighted by Gasteiger charge is 2.56. The second kappa shape index (κ2) is 3.04. The van der Waals surface area contributed by atoms with Crippen molar-refractivity contribution >= 4 is 17.6 Å². The summed E-state index contributed by atoms with van der Waals surface area (Å²) in [4.78, 5) is 5.16. The average molecular weight is 240 g/mol. The van der Waals surface area contributed by atoms with Crippen LogP contribution in [-0.4, -0.2) is 35.7 Å². The van der Waals surface area contributed by atoms with Gasteiger partial charge in [-0.05, 0) is 13.0 Å². The Bertz CT molecular complexity index is 350. The van der Waals surface area contributed by atoms with Crippen LogP contribution in [0, 0.1) is 0 Å². The highest BCUT2D eigenvalue weighted by Crippen LogP contribution is 2.37. The quantitative estimate of drug-likeness (QED) is 0.651. The summed E-state index contributed by atoms with van der Waals surface area (Å²) in [5.41, 5.74) is -2.04. The van der Waals surface area contributed by atoms with Gasteiger partial charge in [0.1, 0.15) is 5.16 Å². The van der Waals surface area contributed by atoms with E-state index >= 15 is 0 Å². The van der Waals surface area contributed by atoms with E-state index in [0.717, 1.165) is 6.92 Å². The molecule has 0 aliphatic carbocycles. The maximum atomic E-state index is 12.7. The molecule has 0 aromatic rings. The standard InChI is InChI=1S/C8H9ClF3N3/c1-7(8(10,11)12)4-15-3-2-5(9)13-6(15)14-7/h2H,3-4H2,1H3,(H,13,14)/t7-/m0/s1. The molecule has 0 fully saturated rings. The molecule has 3 nitrogen and oxygen atoms in total. The van der Waals surface area contributed by atoms with Crippen LogP contribution in [0.15, 0.2) is 16.2 Å². The SMILES string of the molecule is C[C@@]1(C(F)(F)F)CN2CC=C(Cl)NC2=N1. The smallest absolute Gasteiger partial charge is 0.336 e. The molecular formula is C8H9ClF3N3. The Morgan fingerprint density at radius 3 is 2.87 bits per heavy atom. The Morgan fingerprint density at radius 1 is 1.60 bits per heavy atom. The Labute approximate surface area is 89.6 Å². The number of fused-ring (bicyclic) bond motifs is 1. The molecule has 0 amide bonds. The fourth-order valence-corrected chi connectivity index (χ4v) is 1.70. The maximum Gasteiger partial charge on any atom is 0.415 e. The average Bonchev–Trinajstić information content (AvgIpc) is 2.40. The minimum atomic E-state index is -4.34. The molecule has 2 rings (SSSR count). The summed E-state index contributed by atoms with van der Waals surface area (Å²) >= 11 is 5.65. The number of halogens is 4. The van der Waals surface area contributed by atoms with Crippen LogP contribution in [0.2, 0.25) is 0 Å². The summed E-state index contributed by atoms with van der Waals surface area (Å²) in [6.07, 6.45) is -2.73. The van der Waals surface area contributed by atoms with Crippen LogP contribution in [0.4, 0.5) is 13.2 Å². The van der Waals surface area contributed by atoms with E-state index in [2.05, 4.69) is 10.3 Å². The molecule has 15 heavy (non-hydrogen) atoms. The Morgan fingerprint density at radius 2 is 2.27 bits per heavy atom. The minimum absolute atomic E-state index is 0.167. The predicted molar refractivity (Wildman–Crippen MR) is 50.5 cm³/mol. The summed E-state index contributed by atoms with van der Waals surface area (Å²) in [6, 6.07) is 0. The molecule has 0 aromatic carbocycles. The third kappa shape index (κ3) is 1.67. The number of hydrogen-bond acceptors (Lipinski definition) is 3. The zero-order valence-corrected chi connectivity index (χ0v) is 8.65. The highest BCUT2D eigenvalue weighted by atomic mass is 35.5. The van der Waals surface area contributed by atoms with Gasteiger partial charge in [-0.25, -0.2) is 4.99 Å². The zero-order chi connectivity index (χ0) is 11.3. The molecule has 1 atom stereocenters. The van der Waals surface area contributed by atoms with Gasteiger partial charge in [0.05, 0.1) is 6.54 Å². The van der Waals surface area contributed by atoms with Gasteiger partial charge in [-0.3, -0.25) is 0 Å². The molecule has 2 aliphatic heterocycles. The number of rotatable bonds is 0. The third-order valence-electron chi connectivity index (χ3n) is 2.48. The van der Waals surface area contributed by atoms with Crippen molar-refractivity contribution in [2.45, 2.75) is 18.6 Å². The Hall–Kier alpha value is -0.910. The number of aliphatic imine (C=N–C) groups is 1. The van der Waals surface area contributed by atoms with Gasteiger partial charge in [-0.2, -0.15) is 13.2 Å². The fraction of sp³-hybridized carbons (Fsp3) is 0.625. The number of guanidine groups is 1. The predicted octanol–water partition coefficient (Wildman–Crippen LogP) is 1.66. The first kappa shape index (κ1) is 10.6. The van der Waals surface area contributed by atoms with E-state index in [1.165, 1.54) is 4.90 Å². The van der Waals surface area contributed by atoms with E-state index in [0.29, 0.717) is 11.7 Å². The second-order valence-corrected chi connectivity index (χ2v) is 4.17. The first-order valence-corrected chi connectivity index (χ1v) is 4.74. The van der Waals surface area contributed by atoms with Crippen molar-refractivity contribution in [3.63, 3.8) is 0 Å². The third-order valence-corrected chi connectivity index (χ3v) is 2.73. The summed E-state index contributed by atoms with van der Waals surface area (Å²) in [7, 11) is 0. The molecule has 0 radical (unpaired) electrons. The molecular weight excluding hydrogens is 231 g/mol. The minimum Gasteiger partial charge on any atom is -0.336 e. The van der Waals surface area contributed by atoms with Gasteiger partial charge in [0.2, 0.25) is 0 Å². The van der Waals surface area contributed by atoms with Gasteiger partial charge in [0, 0.05) is 6.54 Å². The summed E-state index contributed by atoms with van der Waals surface area (Å²) in [5, 5.41) is 2.92. The van der Waals surface area contributed by atoms with Crippen LogP contribution in [-0.2, 0) is 0 Å². The second-order valence-electron chi connectivity index (χ2n) is 3.76. The molecule has 2 heterocycles. The van der Waals surface area contributed by atoms with E-state index < -0.39 is 11.7 Å². The lowest BCUT2D eigenvalue weighted by Gasteiger charge is -2.27.